The molecule has 0 saturated heterocycles. The maximum absolute atomic E-state index is 10.2. The minimum Gasteiger partial charge on any atom is -0.456 e. The van der Waals surface area contributed by atoms with Crippen LogP contribution in [-0.4, -0.2) is 36.8 Å². The molecule has 0 spiro atoms. The number of rotatable bonds is 5. The summed E-state index contributed by atoms with van der Waals surface area (Å²) < 4.78 is 9.05. The number of anilines is 1. The maximum Gasteiger partial charge on any atom is 0.184 e. The molecule has 8 heteroatoms. The first kappa shape index (κ1) is 19.0. The molecule has 4 aromatic rings. The molecule has 5 rings (SSSR count). The molecule has 1 aromatic carbocycles. The molecule has 30 heavy (non-hydrogen) atoms. The second-order valence-electron chi connectivity index (χ2n) is 7.65. The standard InChI is InChI=1S/C22H23N5O2S/c1-27-13-24-12-19(27)14-8-16(11-23-10-14)29-15-6-7-18-21(9-15)30-22(26-18)25-17-4-2-3-5-20(17)28/h6-13,17,20,28H,2-5H2,1H3,(H,25,26)/t17-,20-/m1/s1. The zero-order valence-electron chi connectivity index (χ0n) is 16.7. The molecule has 0 radical (unpaired) electrons. The van der Waals surface area contributed by atoms with E-state index in [1.807, 2.05) is 42.1 Å². The third-order valence-electron chi connectivity index (χ3n) is 5.46. The molecule has 0 amide bonds. The number of hydrogen-bond donors (Lipinski definition) is 2. The van der Waals surface area contributed by atoms with Gasteiger partial charge in [-0.05, 0) is 31.0 Å². The minimum absolute atomic E-state index is 0.0795. The SMILES string of the molecule is Cn1cncc1-c1cncc(Oc2ccc3nc(N[C@@H]4CCCC[C@H]4O)sc3c2)c1. The van der Waals surface area contributed by atoms with E-state index in [1.165, 1.54) is 0 Å². The van der Waals surface area contributed by atoms with Crippen molar-refractivity contribution in [1.29, 1.82) is 0 Å². The first-order valence-corrected chi connectivity index (χ1v) is 10.9. The van der Waals surface area contributed by atoms with Crippen molar-refractivity contribution < 1.29 is 9.84 Å². The Morgan fingerprint density at radius 2 is 2.00 bits per heavy atom. The van der Waals surface area contributed by atoms with Crippen LogP contribution in [0.25, 0.3) is 21.5 Å². The number of aliphatic hydroxyl groups excluding tert-OH is 1. The Hall–Kier alpha value is -2.97. The van der Waals surface area contributed by atoms with E-state index in [0.29, 0.717) is 5.75 Å². The predicted molar refractivity (Wildman–Crippen MR) is 118 cm³/mol. The lowest BCUT2D eigenvalue weighted by Gasteiger charge is -2.27. The van der Waals surface area contributed by atoms with E-state index in [0.717, 1.165) is 58.0 Å². The fourth-order valence-electron chi connectivity index (χ4n) is 3.85. The van der Waals surface area contributed by atoms with Crippen LogP contribution in [0.2, 0.25) is 0 Å². The maximum atomic E-state index is 10.2. The van der Waals surface area contributed by atoms with Gasteiger partial charge in [-0.15, -0.1) is 0 Å². The molecule has 154 valence electrons. The molecule has 7 nitrogen and oxygen atoms in total. The molecule has 1 saturated carbocycles. The van der Waals surface area contributed by atoms with Crippen molar-refractivity contribution in [3.05, 3.63) is 49.2 Å². The van der Waals surface area contributed by atoms with Gasteiger partial charge in [0.2, 0.25) is 0 Å². The van der Waals surface area contributed by atoms with Gasteiger partial charge in [0.15, 0.2) is 5.13 Å². The largest absolute Gasteiger partial charge is 0.456 e. The molecule has 2 N–H and O–H groups in total. The molecular weight excluding hydrogens is 398 g/mol. The van der Waals surface area contributed by atoms with Crippen molar-refractivity contribution >= 4 is 26.7 Å². The van der Waals surface area contributed by atoms with Crippen molar-refractivity contribution in [2.75, 3.05) is 5.32 Å². The summed E-state index contributed by atoms with van der Waals surface area (Å²) in [5, 5.41) is 14.5. The normalized spacial score (nSPS) is 19.1. The van der Waals surface area contributed by atoms with Crippen molar-refractivity contribution in [3.63, 3.8) is 0 Å². The number of fused-ring (bicyclic) bond motifs is 1. The third-order valence-corrected chi connectivity index (χ3v) is 6.41. The third kappa shape index (κ3) is 3.88. The van der Waals surface area contributed by atoms with Crippen molar-refractivity contribution in [2.45, 2.75) is 37.8 Å². The Morgan fingerprint density at radius 1 is 1.10 bits per heavy atom. The van der Waals surface area contributed by atoms with Crippen LogP contribution >= 0.6 is 11.3 Å². The average molecular weight is 422 g/mol. The molecule has 3 heterocycles. The zero-order chi connectivity index (χ0) is 20.5. The van der Waals surface area contributed by atoms with Crippen LogP contribution in [0.1, 0.15) is 25.7 Å². The van der Waals surface area contributed by atoms with Crippen LogP contribution in [-0.2, 0) is 7.05 Å². The zero-order valence-corrected chi connectivity index (χ0v) is 17.5. The summed E-state index contributed by atoms with van der Waals surface area (Å²) in [6.07, 6.45) is 10.8. The summed E-state index contributed by atoms with van der Waals surface area (Å²) >= 11 is 1.58. The molecule has 0 unspecified atom stereocenters. The van der Waals surface area contributed by atoms with Crippen molar-refractivity contribution in [1.82, 2.24) is 19.5 Å². The number of imidazole rings is 1. The summed E-state index contributed by atoms with van der Waals surface area (Å²) in [5.41, 5.74) is 2.84. The van der Waals surface area contributed by atoms with Gasteiger partial charge in [0.1, 0.15) is 11.5 Å². The van der Waals surface area contributed by atoms with Gasteiger partial charge in [-0.25, -0.2) is 9.97 Å². The molecule has 0 bridgehead atoms. The summed E-state index contributed by atoms with van der Waals surface area (Å²) in [6.45, 7) is 0. The number of ether oxygens (including phenoxy) is 1. The van der Waals surface area contributed by atoms with Gasteiger partial charge in [0.25, 0.3) is 0 Å². The number of pyridine rings is 1. The Labute approximate surface area is 178 Å². The van der Waals surface area contributed by atoms with Gasteiger partial charge in [-0.3, -0.25) is 4.98 Å². The second-order valence-corrected chi connectivity index (χ2v) is 8.68. The van der Waals surface area contributed by atoms with Gasteiger partial charge in [-0.1, -0.05) is 24.2 Å². The van der Waals surface area contributed by atoms with Crippen LogP contribution in [0.3, 0.4) is 0 Å². The molecule has 2 atom stereocenters. The van der Waals surface area contributed by atoms with Gasteiger partial charge in [0.05, 0.1) is 46.8 Å². The second kappa shape index (κ2) is 8.04. The van der Waals surface area contributed by atoms with Gasteiger partial charge < -0.3 is 19.7 Å². The van der Waals surface area contributed by atoms with Crippen LogP contribution in [0.4, 0.5) is 5.13 Å². The fraction of sp³-hybridized carbons (Fsp3) is 0.318. The summed E-state index contributed by atoms with van der Waals surface area (Å²) in [4.78, 5) is 13.1. The Balaban J connectivity index is 1.35. The smallest absolute Gasteiger partial charge is 0.184 e. The quantitative estimate of drug-likeness (QED) is 0.490. The van der Waals surface area contributed by atoms with Crippen LogP contribution in [0, 0.1) is 0 Å². The first-order chi connectivity index (χ1) is 14.7. The molecule has 1 aliphatic carbocycles. The Morgan fingerprint density at radius 3 is 2.83 bits per heavy atom. The number of thiazole rings is 1. The van der Waals surface area contributed by atoms with E-state index < -0.39 is 0 Å². The van der Waals surface area contributed by atoms with E-state index >= 15 is 0 Å². The van der Waals surface area contributed by atoms with Crippen molar-refractivity contribution in [2.24, 2.45) is 7.05 Å². The topological polar surface area (TPSA) is 85.1 Å². The number of aliphatic hydroxyl groups is 1. The van der Waals surface area contributed by atoms with Gasteiger partial charge in [0, 0.05) is 24.9 Å². The van der Waals surface area contributed by atoms with E-state index in [4.69, 9.17) is 4.74 Å². The fourth-order valence-corrected chi connectivity index (χ4v) is 4.81. The lowest BCUT2D eigenvalue weighted by atomic mass is 9.93. The van der Waals surface area contributed by atoms with Crippen LogP contribution in [0.15, 0.2) is 49.2 Å². The lowest BCUT2D eigenvalue weighted by molar-refractivity contribution is 0.116. The van der Waals surface area contributed by atoms with Crippen molar-refractivity contribution in [3.8, 4) is 22.8 Å². The van der Waals surface area contributed by atoms with E-state index in [2.05, 4.69) is 20.3 Å². The molecular formula is C22H23N5O2S. The lowest BCUT2D eigenvalue weighted by Crippen LogP contribution is -2.36. The highest BCUT2D eigenvalue weighted by Crippen LogP contribution is 2.33. The number of aromatic nitrogens is 4. The highest BCUT2D eigenvalue weighted by Gasteiger charge is 2.23. The number of aryl methyl sites for hydroxylation is 1. The number of nitrogens with zero attached hydrogens (tertiary/aromatic N) is 4. The van der Waals surface area contributed by atoms with Gasteiger partial charge >= 0.3 is 0 Å². The number of hydrogen-bond acceptors (Lipinski definition) is 7. The summed E-state index contributed by atoms with van der Waals surface area (Å²) in [7, 11) is 1.95. The molecule has 3 aromatic heterocycles. The van der Waals surface area contributed by atoms with Gasteiger partial charge in [-0.2, -0.15) is 0 Å². The van der Waals surface area contributed by atoms with E-state index in [-0.39, 0.29) is 12.1 Å². The summed E-state index contributed by atoms with van der Waals surface area (Å²) in [6, 6.07) is 7.90. The monoisotopic (exact) mass is 421 g/mol. The number of nitrogens with one attached hydrogen (secondary N) is 1. The highest BCUT2D eigenvalue weighted by atomic mass is 32.1. The molecule has 0 aliphatic heterocycles. The Kier molecular flexibility index (Phi) is 5.10. The van der Waals surface area contributed by atoms with E-state index in [9.17, 15) is 5.11 Å². The number of benzene rings is 1. The van der Waals surface area contributed by atoms with E-state index in [1.54, 1.807) is 30.1 Å². The first-order valence-electron chi connectivity index (χ1n) is 10.1. The predicted octanol–water partition coefficient (Wildman–Crippen LogP) is 4.60. The molecule has 1 aliphatic rings. The average Bonchev–Trinajstić information content (AvgIpc) is 3.35. The highest BCUT2D eigenvalue weighted by molar-refractivity contribution is 7.22. The minimum atomic E-state index is -0.302. The Bertz CT molecular complexity index is 1170. The summed E-state index contributed by atoms with van der Waals surface area (Å²) in [5.74, 6) is 1.40. The van der Waals surface area contributed by atoms with Crippen LogP contribution < -0.4 is 10.1 Å². The van der Waals surface area contributed by atoms with Crippen LogP contribution in [0.5, 0.6) is 11.5 Å². The molecule has 1 fully saturated rings.